The number of hydrogen-bond acceptors (Lipinski definition) is 4. The highest BCUT2D eigenvalue weighted by atomic mass is 127. The Labute approximate surface area is 178 Å². The Morgan fingerprint density at radius 2 is 1.89 bits per heavy atom. The monoisotopic (exact) mass is 508 g/mol. The van der Waals surface area contributed by atoms with Crippen molar-refractivity contribution in [3.63, 3.8) is 0 Å². The van der Waals surface area contributed by atoms with Gasteiger partial charge in [-0.15, -0.1) is 24.0 Å². The Bertz CT molecular complexity index is 821. The maximum absolute atomic E-state index is 11.0. The Morgan fingerprint density at radius 1 is 1.15 bits per heavy atom. The molecule has 0 unspecified atom stereocenters. The fourth-order valence-corrected chi connectivity index (χ4v) is 2.99. The lowest BCUT2D eigenvalue weighted by Crippen LogP contribution is -2.39. The van der Waals surface area contributed by atoms with Crippen LogP contribution >= 0.6 is 24.0 Å². The standard InChI is InChI=1S/C18H28N4O3S.HI/c1-19-18(21-10-13-25-14-15-26(2,23)24)20-9-5-11-22-12-8-16-6-3-4-7-17(16)22;/h3-4,6-8,12H,5,9-11,13-15H2,1-2H3,(H2,19,20,21);1H. The lowest BCUT2D eigenvalue weighted by Gasteiger charge is -2.12. The van der Waals surface area contributed by atoms with Crippen LogP contribution in [0.2, 0.25) is 0 Å². The summed E-state index contributed by atoms with van der Waals surface area (Å²) in [6.45, 7) is 2.97. The number of ether oxygens (including phenoxy) is 1. The van der Waals surface area contributed by atoms with Gasteiger partial charge in [0.25, 0.3) is 0 Å². The number of benzene rings is 1. The van der Waals surface area contributed by atoms with Crippen LogP contribution in [0.25, 0.3) is 10.9 Å². The molecule has 0 atom stereocenters. The first-order valence-electron chi connectivity index (χ1n) is 8.73. The van der Waals surface area contributed by atoms with Gasteiger partial charge >= 0.3 is 0 Å². The number of para-hydroxylation sites is 1. The predicted molar refractivity (Wildman–Crippen MR) is 122 cm³/mol. The minimum atomic E-state index is -2.96. The summed E-state index contributed by atoms with van der Waals surface area (Å²) in [5.74, 6) is 0.766. The number of hydrogen-bond donors (Lipinski definition) is 2. The van der Waals surface area contributed by atoms with E-state index in [0.29, 0.717) is 19.1 Å². The Hall–Kier alpha value is -1.33. The van der Waals surface area contributed by atoms with Crippen molar-refractivity contribution in [2.24, 2.45) is 4.99 Å². The van der Waals surface area contributed by atoms with E-state index in [2.05, 4.69) is 56.7 Å². The molecular weight excluding hydrogens is 479 g/mol. The second-order valence-electron chi connectivity index (χ2n) is 6.09. The zero-order valence-electron chi connectivity index (χ0n) is 15.8. The number of aliphatic imine (C=N–C) groups is 1. The van der Waals surface area contributed by atoms with E-state index < -0.39 is 9.84 Å². The number of sulfone groups is 1. The van der Waals surface area contributed by atoms with Crippen LogP contribution in [0.5, 0.6) is 0 Å². The number of guanidine groups is 1. The second-order valence-corrected chi connectivity index (χ2v) is 8.35. The average Bonchev–Trinajstić information content (AvgIpc) is 3.02. The third kappa shape index (κ3) is 8.93. The van der Waals surface area contributed by atoms with E-state index in [-0.39, 0.29) is 36.3 Å². The molecule has 0 aliphatic carbocycles. The number of aromatic nitrogens is 1. The molecule has 27 heavy (non-hydrogen) atoms. The number of nitrogens with one attached hydrogen (secondary N) is 2. The summed E-state index contributed by atoms with van der Waals surface area (Å²) in [4.78, 5) is 4.17. The van der Waals surface area contributed by atoms with Crippen LogP contribution in [0.1, 0.15) is 6.42 Å². The molecule has 9 heteroatoms. The van der Waals surface area contributed by atoms with E-state index >= 15 is 0 Å². The van der Waals surface area contributed by atoms with Crippen LogP contribution < -0.4 is 10.6 Å². The molecule has 1 aromatic carbocycles. The van der Waals surface area contributed by atoms with Gasteiger partial charge in [0.15, 0.2) is 5.96 Å². The zero-order valence-corrected chi connectivity index (χ0v) is 19.0. The van der Waals surface area contributed by atoms with Crippen LogP contribution in [-0.2, 0) is 21.1 Å². The lowest BCUT2D eigenvalue weighted by atomic mass is 10.2. The first-order chi connectivity index (χ1) is 12.5. The van der Waals surface area contributed by atoms with Crippen LogP contribution in [0, 0.1) is 0 Å². The van der Waals surface area contributed by atoms with Crippen LogP contribution in [0.3, 0.4) is 0 Å². The van der Waals surface area contributed by atoms with Gasteiger partial charge in [0.05, 0.1) is 19.0 Å². The SMILES string of the molecule is CN=C(NCCCn1ccc2ccccc21)NCCOCCS(C)(=O)=O.I. The Kier molecular flexibility index (Phi) is 10.7. The van der Waals surface area contributed by atoms with E-state index in [9.17, 15) is 8.42 Å². The Balaban J connectivity index is 0.00000364. The van der Waals surface area contributed by atoms with E-state index in [1.165, 1.54) is 17.2 Å². The van der Waals surface area contributed by atoms with E-state index in [0.717, 1.165) is 19.5 Å². The van der Waals surface area contributed by atoms with E-state index in [1.807, 2.05) is 0 Å². The molecule has 0 fully saturated rings. The molecule has 2 rings (SSSR count). The molecule has 0 bridgehead atoms. The highest BCUT2D eigenvalue weighted by Crippen LogP contribution is 2.15. The van der Waals surface area contributed by atoms with Gasteiger partial charge in [-0.3, -0.25) is 4.99 Å². The fraction of sp³-hybridized carbons (Fsp3) is 0.500. The summed E-state index contributed by atoms with van der Waals surface area (Å²) in [5.41, 5.74) is 1.25. The molecule has 2 N–H and O–H groups in total. The molecule has 0 saturated heterocycles. The molecule has 0 aliphatic heterocycles. The molecule has 152 valence electrons. The summed E-state index contributed by atoms with van der Waals surface area (Å²) in [6, 6.07) is 10.5. The molecule has 7 nitrogen and oxygen atoms in total. The zero-order chi connectivity index (χ0) is 18.8. The maximum Gasteiger partial charge on any atom is 0.191 e. The van der Waals surface area contributed by atoms with Gasteiger partial charge in [-0.05, 0) is 23.9 Å². The summed E-state index contributed by atoms with van der Waals surface area (Å²) in [5, 5.41) is 7.68. The third-order valence-corrected chi connectivity index (χ3v) is 4.82. The van der Waals surface area contributed by atoms with E-state index in [1.54, 1.807) is 7.05 Å². The molecule has 0 saturated carbocycles. The largest absolute Gasteiger partial charge is 0.379 e. The van der Waals surface area contributed by atoms with Crippen molar-refractivity contribution >= 4 is 50.7 Å². The van der Waals surface area contributed by atoms with Gasteiger partial charge in [-0.2, -0.15) is 0 Å². The molecule has 0 spiro atoms. The molecule has 1 heterocycles. The second kappa shape index (κ2) is 12.2. The number of fused-ring (bicyclic) bond motifs is 1. The minimum absolute atomic E-state index is 0. The number of aryl methyl sites for hydroxylation is 1. The van der Waals surface area contributed by atoms with Crippen molar-refractivity contribution in [1.29, 1.82) is 0 Å². The maximum atomic E-state index is 11.0. The lowest BCUT2D eigenvalue weighted by molar-refractivity contribution is 0.154. The summed E-state index contributed by atoms with van der Waals surface area (Å²) in [6.07, 6.45) is 4.30. The van der Waals surface area contributed by atoms with Crippen molar-refractivity contribution in [3.05, 3.63) is 36.5 Å². The van der Waals surface area contributed by atoms with Gasteiger partial charge in [-0.1, -0.05) is 18.2 Å². The van der Waals surface area contributed by atoms with Crippen molar-refractivity contribution in [2.45, 2.75) is 13.0 Å². The molecule has 0 radical (unpaired) electrons. The Morgan fingerprint density at radius 3 is 2.63 bits per heavy atom. The minimum Gasteiger partial charge on any atom is -0.379 e. The highest BCUT2D eigenvalue weighted by Gasteiger charge is 2.02. The van der Waals surface area contributed by atoms with Gasteiger partial charge in [-0.25, -0.2) is 8.42 Å². The third-order valence-electron chi connectivity index (χ3n) is 3.91. The topological polar surface area (TPSA) is 84.7 Å². The van der Waals surface area contributed by atoms with Crippen molar-refractivity contribution in [3.8, 4) is 0 Å². The van der Waals surface area contributed by atoms with Crippen molar-refractivity contribution in [2.75, 3.05) is 45.4 Å². The number of nitrogens with zero attached hydrogens (tertiary/aromatic N) is 2. The molecule has 2 aromatic rings. The summed E-state index contributed by atoms with van der Waals surface area (Å²) < 4.78 is 29.5. The number of rotatable bonds is 10. The van der Waals surface area contributed by atoms with Crippen molar-refractivity contribution in [1.82, 2.24) is 15.2 Å². The first kappa shape index (κ1) is 23.7. The number of halogens is 1. The van der Waals surface area contributed by atoms with Crippen LogP contribution in [0.15, 0.2) is 41.5 Å². The smallest absolute Gasteiger partial charge is 0.191 e. The van der Waals surface area contributed by atoms with E-state index in [4.69, 9.17) is 4.74 Å². The van der Waals surface area contributed by atoms with Gasteiger partial charge in [0, 0.05) is 44.7 Å². The molecular formula is C18H29IN4O3S. The fourth-order valence-electron chi connectivity index (χ4n) is 2.57. The first-order valence-corrected chi connectivity index (χ1v) is 10.8. The van der Waals surface area contributed by atoms with Crippen LogP contribution in [-0.4, -0.2) is 64.3 Å². The average molecular weight is 508 g/mol. The van der Waals surface area contributed by atoms with Crippen molar-refractivity contribution < 1.29 is 13.2 Å². The van der Waals surface area contributed by atoms with Gasteiger partial charge in [0.1, 0.15) is 9.84 Å². The molecule has 0 amide bonds. The normalized spacial score (nSPS) is 12.0. The quantitative estimate of drug-likeness (QED) is 0.222. The van der Waals surface area contributed by atoms with Gasteiger partial charge in [0.2, 0.25) is 0 Å². The highest BCUT2D eigenvalue weighted by molar-refractivity contribution is 14.0. The molecule has 0 aliphatic rings. The summed E-state index contributed by atoms with van der Waals surface area (Å²) in [7, 11) is -1.24. The van der Waals surface area contributed by atoms with Crippen LogP contribution in [0.4, 0.5) is 0 Å². The molecule has 1 aromatic heterocycles. The van der Waals surface area contributed by atoms with Gasteiger partial charge < -0.3 is 19.9 Å². The predicted octanol–water partition coefficient (Wildman–Crippen LogP) is 1.88. The summed E-state index contributed by atoms with van der Waals surface area (Å²) >= 11 is 0.